The molecule has 2 aromatic rings. The molecule has 0 aliphatic carbocycles. The number of nitrogens with zero attached hydrogens (tertiary/aromatic N) is 5. The standard InChI is InChI=1S/C7H9N7O2S/c1-14-11-7(10-13-14)12-17(15,16)6-5(8)3-2-4-9-6/h2-4H,8H2,1H3,(H,11,12). The van der Waals surface area contributed by atoms with Gasteiger partial charge in [0.2, 0.25) is 0 Å². The number of hydrogen-bond acceptors (Lipinski definition) is 7. The van der Waals surface area contributed by atoms with Crippen LogP contribution >= 0.6 is 0 Å². The highest BCUT2D eigenvalue weighted by Crippen LogP contribution is 2.16. The number of anilines is 2. The zero-order valence-electron chi connectivity index (χ0n) is 8.77. The Morgan fingerprint density at radius 2 is 2.24 bits per heavy atom. The van der Waals surface area contributed by atoms with Crippen LogP contribution in [-0.2, 0) is 17.1 Å². The fourth-order valence-corrected chi connectivity index (χ4v) is 2.12. The zero-order chi connectivity index (χ0) is 12.5. The van der Waals surface area contributed by atoms with Crippen molar-refractivity contribution in [2.75, 3.05) is 10.5 Å². The van der Waals surface area contributed by atoms with E-state index in [-0.39, 0.29) is 16.7 Å². The molecule has 0 aliphatic rings. The van der Waals surface area contributed by atoms with Crippen molar-refractivity contribution in [3.05, 3.63) is 18.3 Å². The molecule has 90 valence electrons. The molecule has 0 saturated carbocycles. The van der Waals surface area contributed by atoms with Crippen LogP contribution in [0.25, 0.3) is 0 Å². The molecule has 0 saturated heterocycles. The minimum atomic E-state index is -3.90. The lowest BCUT2D eigenvalue weighted by Crippen LogP contribution is -2.17. The second-order valence-corrected chi connectivity index (χ2v) is 4.70. The van der Waals surface area contributed by atoms with E-state index in [4.69, 9.17) is 5.73 Å². The SMILES string of the molecule is Cn1nnc(NS(=O)(=O)c2ncccc2N)n1. The minimum Gasteiger partial charge on any atom is -0.396 e. The second kappa shape index (κ2) is 3.97. The maximum atomic E-state index is 11.9. The summed E-state index contributed by atoms with van der Waals surface area (Å²) in [7, 11) is -2.38. The molecule has 0 radical (unpaired) electrons. The van der Waals surface area contributed by atoms with Crippen molar-refractivity contribution in [3.8, 4) is 0 Å². The molecule has 0 bridgehead atoms. The summed E-state index contributed by atoms with van der Waals surface area (Å²) < 4.78 is 25.8. The van der Waals surface area contributed by atoms with Gasteiger partial charge in [-0.2, -0.15) is 13.2 Å². The normalized spacial score (nSPS) is 11.4. The summed E-state index contributed by atoms with van der Waals surface area (Å²) >= 11 is 0. The molecule has 2 heterocycles. The van der Waals surface area contributed by atoms with E-state index in [9.17, 15) is 8.42 Å². The molecule has 3 N–H and O–H groups in total. The third kappa shape index (κ3) is 2.30. The molecule has 0 spiro atoms. The summed E-state index contributed by atoms with van der Waals surface area (Å²) in [5, 5.41) is 10.4. The molecule has 9 nitrogen and oxygen atoms in total. The summed E-state index contributed by atoms with van der Waals surface area (Å²) in [5.74, 6) is -0.141. The minimum absolute atomic E-state index is 0.0453. The van der Waals surface area contributed by atoms with Crippen LogP contribution < -0.4 is 10.5 Å². The summed E-state index contributed by atoms with van der Waals surface area (Å²) in [4.78, 5) is 4.82. The maximum absolute atomic E-state index is 11.9. The number of sulfonamides is 1. The summed E-state index contributed by atoms with van der Waals surface area (Å²) in [5.41, 5.74) is 5.57. The highest BCUT2D eigenvalue weighted by atomic mass is 32.2. The molecular weight excluding hydrogens is 246 g/mol. The van der Waals surface area contributed by atoms with Crippen LogP contribution in [0.2, 0.25) is 0 Å². The van der Waals surface area contributed by atoms with Crippen LogP contribution in [-0.4, -0.2) is 33.6 Å². The quantitative estimate of drug-likeness (QED) is 0.718. The van der Waals surface area contributed by atoms with Crippen molar-refractivity contribution in [3.63, 3.8) is 0 Å². The van der Waals surface area contributed by atoms with Gasteiger partial charge in [0.25, 0.3) is 16.0 Å². The Balaban J connectivity index is 2.35. The van der Waals surface area contributed by atoms with Gasteiger partial charge in [-0.3, -0.25) is 0 Å². The first kappa shape index (κ1) is 11.3. The van der Waals surface area contributed by atoms with E-state index in [1.165, 1.54) is 25.4 Å². The van der Waals surface area contributed by atoms with Crippen molar-refractivity contribution in [2.45, 2.75) is 5.03 Å². The van der Waals surface area contributed by atoms with Crippen LogP contribution in [0.4, 0.5) is 11.6 Å². The number of tetrazole rings is 1. The molecule has 0 aromatic carbocycles. The average molecular weight is 255 g/mol. The first-order valence-corrected chi connectivity index (χ1v) is 5.94. The molecule has 17 heavy (non-hydrogen) atoms. The predicted octanol–water partition coefficient (Wildman–Crippen LogP) is -1.01. The molecule has 10 heteroatoms. The Morgan fingerprint density at radius 1 is 1.47 bits per heavy atom. The number of nitrogens with one attached hydrogen (secondary N) is 1. The number of pyridine rings is 1. The Bertz CT molecular complexity index is 635. The monoisotopic (exact) mass is 255 g/mol. The molecule has 2 rings (SSSR count). The van der Waals surface area contributed by atoms with Crippen molar-refractivity contribution in [1.82, 2.24) is 25.2 Å². The average Bonchev–Trinajstić information content (AvgIpc) is 2.63. The summed E-state index contributed by atoms with van der Waals surface area (Å²) in [6, 6.07) is 2.97. The van der Waals surface area contributed by atoms with Gasteiger partial charge in [0.05, 0.1) is 12.7 Å². The van der Waals surface area contributed by atoms with Crippen LogP contribution in [0.15, 0.2) is 23.4 Å². The lowest BCUT2D eigenvalue weighted by Gasteiger charge is -2.04. The highest BCUT2D eigenvalue weighted by molar-refractivity contribution is 7.92. The Kier molecular flexibility index (Phi) is 2.63. The van der Waals surface area contributed by atoms with Gasteiger partial charge in [0, 0.05) is 6.20 Å². The lowest BCUT2D eigenvalue weighted by atomic mass is 10.4. The van der Waals surface area contributed by atoms with Crippen LogP contribution in [0.3, 0.4) is 0 Å². The molecule has 0 amide bonds. The number of nitrogens with two attached hydrogens (primary N) is 1. The molecule has 0 aliphatic heterocycles. The van der Waals surface area contributed by atoms with E-state index < -0.39 is 10.0 Å². The third-order valence-corrected chi connectivity index (χ3v) is 3.09. The molecular formula is C7H9N7O2S. The molecule has 0 fully saturated rings. The van der Waals surface area contributed by atoms with Crippen molar-refractivity contribution in [1.29, 1.82) is 0 Å². The summed E-state index contributed by atoms with van der Waals surface area (Å²) in [6.45, 7) is 0. The lowest BCUT2D eigenvalue weighted by molar-refractivity contribution is 0.597. The smallest absolute Gasteiger partial charge is 0.283 e. The van der Waals surface area contributed by atoms with Crippen LogP contribution in [0, 0.1) is 0 Å². The maximum Gasteiger partial charge on any atom is 0.283 e. The Labute approximate surface area is 96.7 Å². The van der Waals surface area contributed by atoms with Crippen LogP contribution in [0.5, 0.6) is 0 Å². The highest BCUT2D eigenvalue weighted by Gasteiger charge is 2.20. The van der Waals surface area contributed by atoms with Crippen LogP contribution in [0.1, 0.15) is 0 Å². The number of nitrogen functional groups attached to an aromatic ring is 1. The fraction of sp³-hybridized carbons (Fsp3) is 0.143. The second-order valence-electron chi connectivity index (χ2n) is 3.11. The Morgan fingerprint density at radius 3 is 2.82 bits per heavy atom. The largest absolute Gasteiger partial charge is 0.396 e. The van der Waals surface area contributed by atoms with Gasteiger partial charge in [-0.15, -0.1) is 5.10 Å². The van der Waals surface area contributed by atoms with Gasteiger partial charge < -0.3 is 5.73 Å². The van der Waals surface area contributed by atoms with Crippen molar-refractivity contribution >= 4 is 21.7 Å². The van der Waals surface area contributed by atoms with Gasteiger partial charge in [-0.25, -0.2) is 9.71 Å². The van der Waals surface area contributed by atoms with E-state index in [2.05, 4.69) is 25.1 Å². The van der Waals surface area contributed by atoms with Gasteiger partial charge in [-0.05, 0) is 17.3 Å². The van der Waals surface area contributed by atoms with E-state index in [1.54, 1.807) is 0 Å². The fourth-order valence-electron chi connectivity index (χ4n) is 1.12. The first-order valence-electron chi connectivity index (χ1n) is 4.46. The third-order valence-electron chi connectivity index (χ3n) is 1.79. The van der Waals surface area contributed by atoms with E-state index in [1.807, 2.05) is 0 Å². The molecule has 0 atom stereocenters. The van der Waals surface area contributed by atoms with E-state index >= 15 is 0 Å². The number of aromatic nitrogens is 5. The first-order chi connectivity index (χ1) is 7.99. The number of rotatable bonds is 3. The van der Waals surface area contributed by atoms with Gasteiger partial charge in [0.1, 0.15) is 0 Å². The van der Waals surface area contributed by atoms with Gasteiger partial charge in [-0.1, -0.05) is 5.10 Å². The predicted molar refractivity (Wildman–Crippen MR) is 58.3 cm³/mol. The molecule has 0 unspecified atom stereocenters. The zero-order valence-corrected chi connectivity index (χ0v) is 9.59. The van der Waals surface area contributed by atoms with Gasteiger partial charge in [0.15, 0.2) is 5.03 Å². The van der Waals surface area contributed by atoms with E-state index in [0.717, 1.165) is 4.80 Å². The number of hydrogen-bond donors (Lipinski definition) is 2. The number of aryl methyl sites for hydroxylation is 1. The van der Waals surface area contributed by atoms with Crippen molar-refractivity contribution < 1.29 is 8.42 Å². The van der Waals surface area contributed by atoms with E-state index in [0.29, 0.717) is 0 Å². The topological polar surface area (TPSA) is 129 Å². The van der Waals surface area contributed by atoms with Crippen molar-refractivity contribution in [2.24, 2.45) is 7.05 Å². The Hall–Kier alpha value is -2.23. The molecule has 2 aromatic heterocycles. The summed E-state index contributed by atoms with van der Waals surface area (Å²) in [6.07, 6.45) is 1.33. The van der Waals surface area contributed by atoms with Gasteiger partial charge >= 0.3 is 0 Å².